The van der Waals surface area contributed by atoms with Gasteiger partial charge < -0.3 is 15.8 Å². The molecule has 0 atom stereocenters. The van der Waals surface area contributed by atoms with Crippen molar-refractivity contribution >= 4 is 11.6 Å². The molecule has 2 rings (SSSR count). The van der Waals surface area contributed by atoms with Gasteiger partial charge in [0.2, 0.25) is 0 Å². The Morgan fingerprint density at radius 2 is 2.06 bits per heavy atom. The fourth-order valence-electron chi connectivity index (χ4n) is 1.87. The van der Waals surface area contributed by atoms with Gasteiger partial charge in [0.1, 0.15) is 5.75 Å². The molecule has 1 aliphatic carbocycles. The van der Waals surface area contributed by atoms with E-state index in [-0.39, 0.29) is 11.9 Å². The monoisotopic (exact) mass is 232 g/mol. The number of nitrogens with one attached hydrogen (secondary N) is 1. The third-order valence-electron chi connectivity index (χ3n) is 2.77. The maximum atomic E-state index is 12.0. The van der Waals surface area contributed by atoms with Crippen molar-refractivity contribution < 1.29 is 9.53 Å². The first-order valence-electron chi connectivity index (χ1n) is 5.59. The molecule has 1 aromatic rings. The Hall–Kier alpha value is -1.97. The van der Waals surface area contributed by atoms with Crippen molar-refractivity contribution in [2.75, 3.05) is 12.8 Å². The van der Waals surface area contributed by atoms with Gasteiger partial charge in [-0.25, -0.2) is 0 Å². The Labute approximate surface area is 100 Å². The second-order valence-corrected chi connectivity index (χ2v) is 4.11. The lowest BCUT2D eigenvalue weighted by Gasteiger charge is -2.13. The minimum Gasteiger partial charge on any atom is -0.497 e. The fourth-order valence-corrected chi connectivity index (χ4v) is 1.87. The average Bonchev–Trinajstić information content (AvgIpc) is 2.81. The van der Waals surface area contributed by atoms with Crippen molar-refractivity contribution in [2.24, 2.45) is 0 Å². The van der Waals surface area contributed by atoms with Crippen LogP contribution in [0.4, 0.5) is 5.69 Å². The standard InChI is InChI=1S/C13H16N2O2/c1-17-12-7-9(6-10(14)8-12)13(16)15-11-4-2-3-5-11/h2-3,6-8,11H,4-5,14H2,1H3,(H,15,16). The van der Waals surface area contributed by atoms with E-state index in [0.29, 0.717) is 17.0 Å². The third kappa shape index (κ3) is 2.78. The van der Waals surface area contributed by atoms with Gasteiger partial charge in [-0.15, -0.1) is 0 Å². The molecule has 4 nitrogen and oxygen atoms in total. The molecule has 0 bridgehead atoms. The number of benzene rings is 1. The van der Waals surface area contributed by atoms with Crippen LogP contribution < -0.4 is 15.8 Å². The van der Waals surface area contributed by atoms with Crippen LogP contribution in [0.3, 0.4) is 0 Å². The smallest absolute Gasteiger partial charge is 0.251 e. The van der Waals surface area contributed by atoms with Crippen molar-refractivity contribution in [3.63, 3.8) is 0 Å². The van der Waals surface area contributed by atoms with Crippen LogP contribution in [-0.2, 0) is 0 Å². The maximum absolute atomic E-state index is 12.0. The minimum absolute atomic E-state index is 0.107. The van der Waals surface area contributed by atoms with Gasteiger partial charge in [-0.1, -0.05) is 12.2 Å². The molecule has 0 spiro atoms. The Kier molecular flexibility index (Phi) is 3.32. The molecule has 17 heavy (non-hydrogen) atoms. The van der Waals surface area contributed by atoms with Gasteiger partial charge in [0.25, 0.3) is 5.91 Å². The van der Waals surface area contributed by atoms with E-state index in [1.165, 1.54) is 0 Å². The zero-order valence-corrected chi connectivity index (χ0v) is 9.77. The molecule has 0 aromatic heterocycles. The quantitative estimate of drug-likeness (QED) is 0.616. The SMILES string of the molecule is COc1cc(N)cc(C(=O)NC2CC=CC2)c1. The number of carbonyl (C=O) groups is 1. The van der Waals surface area contributed by atoms with Crippen LogP contribution in [0.15, 0.2) is 30.4 Å². The highest BCUT2D eigenvalue weighted by atomic mass is 16.5. The highest BCUT2D eigenvalue weighted by Crippen LogP contribution is 2.19. The highest BCUT2D eigenvalue weighted by Gasteiger charge is 2.15. The average molecular weight is 232 g/mol. The number of methoxy groups -OCH3 is 1. The number of hydrogen-bond donors (Lipinski definition) is 2. The summed E-state index contributed by atoms with van der Waals surface area (Å²) in [5.41, 5.74) is 6.77. The lowest BCUT2D eigenvalue weighted by molar-refractivity contribution is 0.0938. The van der Waals surface area contributed by atoms with E-state index in [9.17, 15) is 4.79 Å². The summed E-state index contributed by atoms with van der Waals surface area (Å²) in [6.45, 7) is 0. The van der Waals surface area contributed by atoms with Crippen molar-refractivity contribution in [1.82, 2.24) is 5.32 Å². The fraction of sp³-hybridized carbons (Fsp3) is 0.308. The molecule has 0 unspecified atom stereocenters. The summed E-state index contributed by atoms with van der Waals surface area (Å²) in [6, 6.07) is 5.23. The first-order valence-corrected chi connectivity index (χ1v) is 5.59. The molecule has 1 amide bonds. The van der Waals surface area contributed by atoms with Gasteiger partial charge in [0.15, 0.2) is 0 Å². The molecule has 4 heteroatoms. The summed E-state index contributed by atoms with van der Waals surface area (Å²) in [4.78, 5) is 12.0. The van der Waals surface area contributed by atoms with Gasteiger partial charge in [-0.05, 0) is 25.0 Å². The number of ether oxygens (including phenoxy) is 1. The molecule has 0 heterocycles. The van der Waals surface area contributed by atoms with Crippen LogP contribution in [0.2, 0.25) is 0 Å². The lowest BCUT2D eigenvalue weighted by Crippen LogP contribution is -2.32. The predicted molar refractivity (Wildman–Crippen MR) is 67.0 cm³/mol. The molecule has 3 N–H and O–H groups in total. The van der Waals surface area contributed by atoms with E-state index in [4.69, 9.17) is 10.5 Å². The van der Waals surface area contributed by atoms with Crippen molar-refractivity contribution in [1.29, 1.82) is 0 Å². The minimum atomic E-state index is -0.107. The van der Waals surface area contributed by atoms with Gasteiger partial charge in [-0.3, -0.25) is 4.79 Å². The number of carbonyl (C=O) groups excluding carboxylic acids is 1. The van der Waals surface area contributed by atoms with Crippen LogP contribution in [0, 0.1) is 0 Å². The summed E-state index contributed by atoms with van der Waals surface area (Å²) in [5, 5.41) is 2.96. The number of amides is 1. The number of rotatable bonds is 3. The number of nitrogen functional groups attached to an aromatic ring is 1. The summed E-state index contributed by atoms with van der Waals surface area (Å²) < 4.78 is 5.08. The Balaban J connectivity index is 2.10. The van der Waals surface area contributed by atoms with Crippen LogP contribution in [0.25, 0.3) is 0 Å². The summed E-state index contributed by atoms with van der Waals surface area (Å²) >= 11 is 0. The normalized spacial score (nSPS) is 14.9. The lowest BCUT2D eigenvalue weighted by atomic mass is 10.1. The maximum Gasteiger partial charge on any atom is 0.251 e. The van der Waals surface area contributed by atoms with Crippen molar-refractivity contribution in [2.45, 2.75) is 18.9 Å². The third-order valence-corrected chi connectivity index (χ3v) is 2.77. The second kappa shape index (κ2) is 4.91. The van der Waals surface area contributed by atoms with E-state index in [2.05, 4.69) is 17.5 Å². The Morgan fingerprint density at radius 3 is 2.71 bits per heavy atom. The first kappa shape index (κ1) is 11.5. The summed E-state index contributed by atoms with van der Waals surface area (Å²) in [6.07, 6.45) is 5.94. The molecular formula is C13H16N2O2. The largest absolute Gasteiger partial charge is 0.497 e. The van der Waals surface area contributed by atoms with Crippen LogP contribution >= 0.6 is 0 Å². The van der Waals surface area contributed by atoms with Gasteiger partial charge >= 0.3 is 0 Å². The molecule has 0 aliphatic heterocycles. The van der Waals surface area contributed by atoms with Gasteiger partial charge in [-0.2, -0.15) is 0 Å². The molecular weight excluding hydrogens is 216 g/mol. The first-order chi connectivity index (χ1) is 8.19. The van der Waals surface area contributed by atoms with Gasteiger partial charge in [0.05, 0.1) is 7.11 Å². The van der Waals surface area contributed by atoms with Crippen molar-refractivity contribution in [3.8, 4) is 5.75 Å². The van der Waals surface area contributed by atoms with Crippen LogP contribution in [0.5, 0.6) is 5.75 Å². The summed E-state index contributed by atoms with van der Waals surface area (Å²) in [5.74, 6) is 0.490. The van der Waals surface area contributed by atoms with E-state index in [1.807, 2.05) is 0 Å². The van der Waals surface area contributed by atoms with E-state index < -0.39 is 0 Å². The highest BCUT2D eigenvalue weighted by molar-refractivity contribution is 5.95. The zero-order valence-electron chi connectivity index (χ0n) is 9.77. The predicted octanol–water partition coefficient (Wildman–Crippen LogP) is 1.73. The molecule has 1 aliphatic rings. The zero-order chi connectivity index (χ0) is 12.3. The van der Waals surface area contributed by atoms with Crippen molar-refractivity contribution in [3.05, 3.63) is 35.9 Å². The molecule has 0 saturated carbocycles. The molecule has 0 saturated heterocycles. The Morgan fingerprint density at radius 1 is 1.35 bits per heavy atom. The number of nitrogens with two attached hydrogens (primary N) is 1. The Bertz CT molecular complexity index is 447. The second-order valence-electron chi connectivity index (χ2n) is 4.11. The van der Waals surface area contributed by atoms with Gasteiger partial charge in [0, 0.05) is 23.4 Å². The van der Waals surface area contributed by atoms with E-state index >= 15 is 0 Å². The molecule has 0 radical (unpaired) electrons. The van der Waals surface area contributed by atoms with E-state index in [1.54, 1.807) is 25.3 Å². The molecule has 1 aromatic carbocycles. The van der Waals surface area contributed by atoms with Crippen LogP contribution in [-0.4, -0.2) is 19.1 Å². The number of hydrogen-bond acceptors (Lipinski definition) is 3. The van der Waals surface area contributed by atoms with Crippen LogP contribution in [0.1, 0.15) is 23.2 Å². The topological polar surface area (TPSA) is 64.3 Å². The molecule has 90 valence electrons. The number of anilines is 1. The van der Waals surface area contributed by atoms with E-state index in [0.717, 1.165) is 12.8 Å². The molecule has 0 fully saturated rings. The summed E-state index contributed by atoms with van der Waals surface area (Å²) in [7, 11) is 1.55.